The minimum absolute atomic E-state index is 0.0566. The first-order chi connectivity index (χ1) is 9.76. The number of aryl methyl sites for hydroxylation is 2. The first-order valence-corrected chi connectivity index (χ1v) is 8.22. The third kappa shape index (κ3) is 3.39. The van der Waals surface area contributed by atoms with Gasteiger partial charge in [0, 0.05) is 24.2 Å². The third-order valence-electron chi connectivity index (χ3n) is 3.73. The van der Waals surface area contributed by atoms with Crippen molar-refractivity contribution in [1.29, 1.82) is 0 Å². The molecule has 3 N–H and O–H groups in total. The predicted molar refractivity (Wildman–Crippen MR) is 78.5 cm³/mol. The monoisotopic (exact) mass is 313 g/mol. The molecule has 1 atom stereocenters. The molecule has 0 aromatic heterocycles. The molecule has 116 valence electrons. The molecule has 0 radical (unpaired) electrons. The summed E-state index contributed by atoms with van der Waals surface area (Å²) in [6.07, 6.45) is 1.91. The van der Waals surface area contributed by atoms with Crippen molar-refractivity contribution in [2.24, 2.45) is 11.7 Å². The van der Waals surface area contributed by atoms with Crippen molar-refractivity contribution in [2.75, 3.05) is 6.54 Å². The van der Waals surface area contributed by atoms with Gasteiger partial charge in [-0.05, 0) is 44.2 Å². The van der Waals surface area contributed by atoms with Crippen LogP contribution in [0.4, 0.5) is 5.69 Å². The number of benzene rings is 1. The fraction of sp³-hybridized carbons (Fsp3) is 0.538. The number of sulfonamides is 1. The van der Waals surface area contributed by atoms with Crippen LogP contribution in [0.2, 0.25) is 0 Å². The summed E-state index contributed by atoms with van der Waals surface area (Å²) >= 11 is 0. The molecule has 0 amide bonds. The second-order valence-electron chi connectivity index (χ2n) is 5.46. The highest BCUT2D eigenvalue weighted by atomic mass is 32.2. The van der Waals surface area contributed by atoms with E-state index in [0.717, 1.165) is 18.9 Å². The molecule has 1 saturated carbocycles. The van der Waals surface area contributed by atoms with Crippen LogP contribution in [0.1, 0.15) is 24.0 Å². The van der Waals surface area contributed by atoms with Gasteiger partial charge < -0.3 is 5.73 Å². The van der Waals surface area contributed by atoms with Gasteiger partial charge in [-0.3, -0.25) is 10.1 Å². The number of hydrogen-bond donors (Lipinski definition) is 2. The number of nitrogens with one attached hydrogen (secondary N) is 1. The van der Waals surface area contributed by atoms with E-state index in [1.165, 1.54) is 6.07 Å². The molecular weight excluding hydrogens is 294 g/mol. The van der Waals surface area contributed by atoms with Crippen LogP contribution in [0, 0.1) is 29.9 Å². The van der Waals surface area contributed by atoms with Crippen molar-refractivity contribution in [3.05, 3.63) is 33.4 Å². The SMILES string of the molecule is Cc1cc(C)c(S(=O)(=O)NC(CN)C2CC2)cc1[N+](=O)[O-]. The zero-order valence-electron chi connectivity index (χ0n) is 12.0. The van der Waals surface area contributed by atoms with Gasteiger partial charge in [0.2, 0.25) is 10.0 Å². The summed E-state index contributed by atoms with van der Waals surface area (Å²) in [5.41, 5.74) is 6.33. The molecule has 1 aliphatic rings. The van der Waals surface area contributed by atoms with Crippen LogP contribution >= 0.6 is 0 Å². The van der Waals surface area contributed by atoms with Gasteiger partial charge in [0.15, 0.2) is 0 Å². The number of rotatable bonds is 6. The van der Waals surface area contributed by atoms with Gasteiger partial charge in [-0.1, -0.05) is 0 Å². The van der Waals surface area contributed by atoms with Crippen molar-refractivity contribution in [2.45, 2.75) is 37.6 Å². The van der Waals surface area contributed by atoms with Crippen LogP contribution in [0.3, 0.4) is 0 Å². The van der Waals surface area contributed by atoms with Crippen molar-refractivity contribution >= 4 is 15.7 Å². The maximum Gasteiger partial charge on any atom is 0.273 e. The molecule has 0 heterocycles. The average Bonchev–Trinajstić information content (AvgIpc) is 3.19. The van der Waals surface area contributed by atoms with Gasteiger partial charge in [-0.15, -0.1) is 0 Å². The molecule has 1 aromatic rings. The van der Waals surface area contributed by atoms with Gasteiger partial charge in [-0.25, -0.2) is 13.1 Å². The van der Waals surface area contributed by atoms with Crippen LogP contribution in [-0.4, -0.2) is 25.9 Å². The summed E-state index contributed by atoms with van der Waals surface area (Å²) in [5, 5.41) is 11.0. The smallest absolute Gasteiger partial charge is 0.273 e. The Hall–Kier alpha value is -1.51. The minimum atomic E-state index is -3.81. The van der Waals surface area contributed by atoms with E-state index >= 15 is 0 Å². The van der Waals surface area contributed by atoms with E-state index in [2.05, 4.69) is 4.72 Å². The van der Waals surface area contributed by atoms with Crippen LogP contribution in [0.15, 0.2) is 17.0 Å². The van der Waals surface area contributed by atoms with Gasteiger partial charge in [-0.2, -0.15) is 0 Å². The molecule has 0 aliphatic heterocycles. The molecular formula is C13H19N3O4S. The fourth-order valence-corrected chi connectivity index (χ4v) is 3.97. The lowest BCUT2D eigenvalue weighted by atomic mass is 10.1. The van der Waals surface area contributed by atoms with E-state index in [0.29, 0.717) is 11.1 Å². The summed E-state index contributed by atoms with van der Waals surface area (Å²) < 4.78 is 27.5. The summed E-state index contributed by atoms with van der Waals surface area (Å²) in [7, 11) is -3.81. The Morgan fingerprint density at radius 1 is 1.38 bits per heavy atom. The Balaban J connectivity index is 2.39. The number of nitrogens with two attached hydrogens (primary N) is 1. The average molecular weight is 313 g/mol. The Kier molecular flexibility index (Phi) is 4.31. The lowest BCUT2D eigenvalue weighted by Crippen LogP contribution is -2.41. The van der Waals surface area contributed by atoms with Crippen LogP contribution < -0.4 is 10.5 Å². The third-order valence-corrected chi connectivity index (χ3v) is 5.36. The van der Waals surface area contributed by atoms with Crippen molar-refractivity contribution in [1.82, 2.24) is 4.72 Å². The summed E-state index contributed by atoms with van der Waals surface area (Å²) in [5.74, 6) is 0.269. The molecule has 0 saturated heterocycles. The molecule has 7 nitrogen and oxygen atoms in total. The Bertz CT molecular complexity index is 668. The lowest BCUT2D eigenvalue weighted by Gasteiger charge is -2.17. The molecule has 1 aromatic carbocycles. The zero-order valence-corrected chi connectivity index (χ0v) is 12.8. The predicted octanol–water partition coefficient (Wildman–Crippen LogP) is 1.23. The molecule has 0 spiro atoms. The van der Waals surface area contributed by atoms with Crippen molar-refractivity contribution in [3.8, 4) is 0 Å². The Morgan fingerprint density at radius 3 is 2.48 bits per heavy atom. The van der Waals surface area contributed by atoms with E-state index < -0.39 is 14.9 Å². The van der Waals surface area contributed by atoms with E-state index in [1.807, 2.05) is 0 Å². The molecule has 21 heavy (non-hydrogen) atoms. The van der Waals surface area contributed by atoms with E-state index in [1.54, 1.807) is 13.8 Å². The normalized spacial score (nSPS) is 16.7. The maximum atomic E-state index is 12.5. The Morgan fingerprint density at radius 2 is 2.00 bits per heavy atom. The van der Waals surface area contributed by atoms with Gasteiger partial charge in [0.1, 0.15) is 0 Å². The second kappa shape index (κ2) is 5.70. The molecule has 1 unspecified atom stereocenters. The fourth-order valence-electron chi connectivity index (χ4n) is 2.41. The van der Waals surface area contributed by atoms with Crippen LogP contribution in [-0.2, 0) is 10.0 Å². The number of hydrogen-bond acceptors (Lipinski definition) is 5. The highest BCUT2D eigenvalue weighted by Crippen LogP contribution is 2.33. The topological polar surface area (TPSA) is 115 Å². The number of nitrogens with zero attached hydrogens (tertiary/aromatic N) is 1. The standard InChI is InChI=1S/C13H19N3O4S/c1-8-5-9(2)13(6-12(8)16(17)18)21(19,20)15-11(7-14)10-3-4-10/h5-6,10-11,15H,3-4,7,14H2,1-2H3. The molecule has 0 bridgehead atoms. The highest BCUT2D eigenvalue weighted by Gasteiger charge is 2.34. The molecule has 8 heteroatoms. The minimum Gasteiger partial charge on any atom is -0.329 e. The summed E-state index contributed by atoms with van der Waals surface area (Å²) in [6, 6.07) is 2.32. The van der Waals surface area contributed by atoms with Gasteiger partial charge in [0.05, 0.1) is 9.82 Å². The van der Waals surface area contributed by atoms with Gasteiger partial charge in [0.25, 0.3) is 5.69 Å². The number of nitro benzene ring substituents is 1. The van der Waals surface area contributed by atoms with E-state index in [9.17, 15) is 18.5 Å². The highest BCUT2D eigenvalue weighted by molar-refractivity contribution is 7.89. The summed E-state index contributed by atoms with van der Waals surface area (Å²) in [4.78, 5) is 10.3. The quantitative estimate of drug-likeness (QED) is 0.605. The second-order valence-corrected chi connectivity index (χ2v) is 7.14. The Labute approximate surface area is 123 Å². The van der Waals surface area contributed by atoms with Crippen LogP contribution in [0.5, 0.6) is 0 Å². The first-order valence-electron chi connectivity index (χ1n) is 6.74. The summed E-state index contributed by atoms with van der Waals surface area (Å²) in [6.45, 7) is 3.43. The van der Waals surface area contributed by atoms with Crippen molar-refractivity contribution in [3.63, 3.8) is 0 Å². The molecule has 1 fully saturated rings. The number of nitro groups is 1. The van der Waals surface area contributed by atoms with E-state index in [4.69, 9.17) is 5.73 Å². The lowest BCUT2D eigenvalue weighted by molar-refractivity contribution is -0.385. The molecule has 1 aliphatic carbocycles. The van der Waals surface area contributed by atoms with Crippen molar-refractivity contribution < 1.29 is 13.3 Å². The zero-order chi connectivity index (χ0) is 15.8. The first kappa shape index (κ1) is 15.9. The van der Waals surface area contributed by atoms with E-state index in [-0.39, 0.29) is 29.1 Å². The molecule has 2 rings (SSSR count). The van der Waals surface area contributed by atoms with Crippen LogP contribution in [0.25, 0.3) is 0 Å². The van der Waals surface area contributed by atoms with Gasteiger partial charge >= 0.3 is 0 Å². The largest absolute Gasteiger partial charge is 0.329 e. The maximum absolute atomic E-state index is 12.5.